The van der Waals surface area contributed by atoms with Gasteiger partial charge in [0.05, 0.1) is 16.8 Å². The van der Waals surface area contributed by atoms with Crippen LogP contribution >= 0.6 is 0 Å². The molecule has 158 valence electrons. The Hall–Kier alpha value is -3.04. The summed E-state index contributed by atoms with van der Waals surface area (Å²) >= 11 is 0. The van der Waals surface area contributed by atoms with Gasteiger partial charge in [-0.1, -0.05) is 19.9 Å². The first-order chi connectivity index (χ1) is 14.3. The maximum Gasteiger partial charge on any atom is 0.251 e. The third-order valence-corrected chi connectivity index (χ3v) is 6.80. The molecule has 30 heavy (non-hydrogen) atoms. The number of aryl methyl sites for hydroxylation is 1. The molecule has 2 heterocycles. The molecule has 0 radical (unpaired) electrons. The summed E-state index contributed by atoms with van der Waals surface area (Å²) in [5.74, 6) is -0.280. The normalized spacial score (nSPS) is 11.6. The molecule has 0 fully saturated rings. The Morgan fingerprint density at radius 1 is 1.07 bits per heavy atom. The minimum atomic E-state index is -3.54. The van der Waals surface area contributed by atoms with Gasteiger partial charge in [-0.15, -0.1) is 0 Å². The fourth-order valence-electron chi connectivity index (χ4n) is 3.03. The molecule has 3 aromatic rings. The second kappa shape index (κ2) is 9.19. The van der Waals surface area contributed by atoms with Crippen LogP contribution in [-0.4, -0.2) is 46.5 Å². The Balaban J connectivity index is 1.62. The molecule has 0 aliphatic rings. The summed E-state index contributed by atoms with van der Waals surface area (Å²) in [4.78, 5) is 17.0. The van der Waals surface area contributed by atoms with Gasteiger partial charge in [-0.25, -0.2) is 8.42 Å². The number of hydrogen-bond donors (Lipinski definition) is 1. The number of carbonyl (C=O) groups excluding carboxylic acids is 1. The van der Waals surface area contributed by atoms with Gasteiger partial charge >= 0.3 is 0 Å². The van der Waals surface area contributed by atoms with Gasteiger partial charge in [-0.3, -0.25) is 14.5 Å². The first-order valence-electron chi connectivity index (χ1n) is 9.67. The summed E-state index contributed by atoms with van der Waals surface area (Å²) in [5.41, 5.74) is 2.99. The summed E-state index contributed by atoms with van der Waals surface area (Å²) in [6, 6.07) is 9.76. The van der Waals surface area contributed by atoms with Gasteiger partial charge in [0.2, 0.25) is 10.0 Å². The average molecular weight is 428 g/mol. The fourth-order valence-corrected chi connectivity index (χ4v) is 4.49. The van der Waals surface area contributed by atoms with Crippen molar-refractivity contribution in [3.63, 3.8) is 0 Å². The minimum absolute atomic E-state index is 0.179. The van der Waals surface area contributed by atoms with Crippen molar-refractivity contribution in [3.05, 3.63) is 66.1 Å². The lowest BCUT2D eigenvalue weighted by Gasteiger charge is -2.18. The van der Waals surface area contributed by atoms with Gasteiger partial charge in [0.25, 0.3) is 5.91 Å². The Morgan fingerprint density at radius 2 is 1.77 bits per heavy atom. The van der Waals surface area contributed by atoms with Gasteiger partial charge < -0.3 is 5.32 Å². The van der Waals surface area contributed by atoms with Crippen molar-refractivity contribution >= 4 is 15.9 Å². The molecule has 2 aromatic heterocycles. The molecule has 1 aromatic carbocycles. The maximum absolute atomic E-state index is 12.5. The lowest BCUT2D eigenvalue weighted by Crippen LogP contribution is -2.30. The van der Waals surface area contributed by atoms with Crippen LogP contribution in [0.1, 0.15) is 29.8 Å². The fraction of sp³-hybridized carbons (Fsp3) is 0.286. The number of benzene rings is 1. The molecule has 0 unspecified atom stereocenters. The first kappa shape index (κ1) is 21.7. The number of nitrogens with zero attached hydrogens (tertiary/aromatic N) is 4. The van der Waals surface area contributed by atoms with Crippen molar-refractivity contribution in [1.82, 2.24) is 24.4 Å². The third-order valence-electron chi connectivity index (χ3n) is 4.74. The molecule has 0 bridgehead atoms. The van der Waals surface area contributed by atoms with E-state index in [9.17, 15) is 13.2 Å². The van der Waals surface area contributed by atoms with Crippen LogP contribution < -0.4 is 5.32 Å². The van der Waals surface area contributed by atoms with Crippen LogP contribution in [0.4, 0.5) is 0 Å². The first-order valence-corrected chi connectivity index (χ1v) is 11.1. The van der Waals surface area contributed by atoms with Crippen molar-refractivity contribution in [2.24, 2.45) is 7.05 Å². The molecule has 0 spiro atoms. The molecule has 8 nitrogen and oxygen atoms in total. The number of nitrogens with one attached hydrogen (secondary N) is 1. The van der Waals surface area contributed by atoms with Gasteiger partial charge in [0.15, 0.2) is 0 Å². The van der Waals surface area contributed by atoms with E-state index >= 15 is 0 Å². The number of sulfonamides is 1. The van der Waals surface area contributed by atoms with Gasteiger partial charge in [-0.2, -0.15) is 9.40 Å². The maximum atomic E-state index is 12.5. The Bertz CT molecular complexity index is 1100. The van der Waals surface area contributed by atoms with Gasteiger partial charge in [0.1, 0.15) is 0 Å². The van der Waals surface area contributed by atoms with E-state index in [2.05, 4.69) is 15.4 Å². The highest BCUT2D eigenvalue weighted by Gasteiger charge is 2.21. The van der Waals surface area contributed by atoms with E-state index in [1.54, 1.807) is 30.9 Å². The van der Waals surface area contributed by atoms with Crippen molar-refractivity contribution in [1.29, 1.82) is 0 Å². The van der Waals surface area contributed by atoms with Crippen LogP contribution in [0.15, 0.2) is 59.9 Å². The van der Waals surface area contributed by atoms with Crippen LogP contribution in [0, 0.1) is 0 Å². The summed E-state index contributed by atoms with van der Waals surface area (Å²) in [7, 11) is -1.69. The Morgan fingerprint density at radius 3 is 2.30 bits per heavy atom. The summed E-state index contributed by atoms with van der Waals surface area (Å²) < 4.78 is 28.2. The van der Waals surface area contributed by atoms with Crippen molar-refractivity contribution in [3.8, 4) is 11.3 Å². The lowest BCUT2D eigenvalue weighted by molar-refractivity contribution is 0.0950. The highest BCUT2D eigenvalue weighted by Crippen LogP contribution is 2.17. The monoisotopic (exact) mass is 427 g/mol. The Kier molecular flexibility index (Phi) is 6.63. The number of pyridine rings is 1. The van der Waals surface area contributed by atoms with Gasteiger partial charge in [0, 0.05) is 50.2 Å². The molecule has 0 aliphatic heterocycles. The summed E-state index contributed by atoms with van der Waals surface area (Å²) in [6.07, 6.45) is 5.34. The average Bonchev–Trinajstić information content (AvgIpc) is 3.19. The molecule has 9 heteroatoms. The summed E-state index contributed by atoms with van der Waals surface area (Å²) in [5, 5.41) is 6.96. The SMILES string of the molecule is CCN(CC)S(=O)(=O)c1ccc(C(=O)NCc2ccc(-c3cnn(C)c3)nc2)cc1. The number of carbonyl (C=O) groups is 1. The number of hydrogen-bond acceptors (Lipinski definition) is 5. The van der Waals surface area contributed by atoms with E-state index in [0.29, 0.717) is 25.2 Å². The van der Waals surface area contributed by atoms with E-state index in [4.69, 9.17) is 0 Å². The zero-order chi connectivity index (χ0) is 21.7. The zero-order valence-corrected chi connectivity index (χ0v) is 18.1. The van der Waals surface area contributed by atoms with E-state index in [1.165, 1.54) is 28.6 Å². The summed E-state index contributed by atoms with van der Waals surface area (Å²) in [6.45, 7) is 4.70. The number of amides is 1. The third kappa shape index (κ3) is 4.74. The van der Waals surface area contributed by atoms with Crippen molar-refractivity contribution in [2.45, 2.75) is 25.3 Å². The van der Waals surface area contributed by atoms with E-state index < -0.39 is 10.0 Å². The second-order valence-corrected chi connectivity index (χ2v) is 8.69. The quantitative estimate of drug-likeness (QED) is 0.596. The van der Waals surface area contributed by atoms with Crippen molar-refractivity contribution in [2.75, 3.05) is 13.1 Å². The predicted octanol–water partition coefficient (Wildman–Crippen LogP) is 2.44. The Labute approximate surface area is 176 Å². The van der Waals surface area contributed by atoms with Crippen LogP contribution in [0.3, 0.4) is 0 Å². The van der Waals surface area contributed by atoms with Crippen molar-refractivity contribution < 1.29 is 13.2 Å². The predicted molar refractivity (Wildman–Crippen MR) is 114 cm³/mol. The van der Waals surface area contributed by atoms with E-state index in [0.717, 1.165) is 16.8 Å². The standard InChI is InChI=1S/C21H25N5O3S/c1-4-26(5-2)30(28,29)19-9-7-17(8-10-19)21(27)23-13-16-6-11-20(22-12-16)18-14-24-25(3)15-18/h6-12,14-15H,4-5,13H2,1-3H3,(H,23,27). The lowest BCUT2D eigenvalue weighted by atomic mass is 10.2. The van der Waals surface area contributed by atoms with Crippen LogP contribution in [-0.2, 0) is 23.6 Å². The molecular formula is C21H25N5O3S. The smallest absolute Gasteiger partial charge is 0.251 e. The molecule has 0 aliphatic carbocycles. The van der Waals surface area contributed by atoms with Gasteiger partial charge in [-0.05, 0) is 35.9 Å². The molecule has 1 N–H and O–H groups in total. The number of rotatable bonds is 8. The van der Waals surface area contributed by atoms with Crippen LogP contribution in [0.25, 0.3) is 11.3 Å². The topological polar surface area (TPSA) is 97.2 Å². The molecule has 1 amide bonds. The molecule has 0 saturated carbocycles. The minimum Gasteiger partial charge on any atom is -0.348 e. The molecular weight excluding hydrogens is 402 g/mol. The van der Waals surface area contributed by atoms with E-state index in [-0.39, 0.29) is 10.8 Å². The van der Waals surface area contributed by atoms with Crippen LogP contribution in [0.2, 0.25) is 0 Å². The molecule has 3 rings (SSSR count). The number of aromatic nitrogens is 3. The highest BCUT2D eigenvalue weighted by atomic mass is 32.2. The largest absolute Gasteiger partial charge is 0.348 e. The molecule has 0 atom stereocenters. The molecule has 0 saturated heterocycles. The second-order valence-electron chi connectivity index (χ2n) is 6.75. The highest BCUT2D eigenvalue weighted by molar-refractivity contribution is 7.89. The zero-order valence-electron chi connectivity index (χ0n) is 17.2. The van der Waals surface area contributed by atoms with Crippen LogP contribution in [0.5, 0.6) is 0 Å². The van der Waals surface area contributed by atoms with E-state index in [1.807, 2.05) is 25.4 Å².